The molecule has 0 rings (SSSR count). The number of rotatable bonds is 12. The van der Waals surface area contributed by atoms with Crippen LogP contribution in [-0.2, 0) is 9.53 Å². The number of nitrogens with zero attached hydrogens (tertiary/aromatic N) is 1. The number of carbonyl (C=O) groups excluding carboxylic acids is 1. The number of aliphatic hydroxyl groups excluding tert-OH is 1. The monoisotopic (exact) mass is 457 g/mol. The van der Waals surface area contributed by atoms with E-state index in [1.807, 2.05) is 13.8 Å². The van der Waals surface area contributed by atoms with Crippen molar-refractivity contribution in [2.45, 2.75) is 59.8 Å². The van der Waals surface area contributed by atoms with Crippen LogP contribution in [0.15, 0.2) is 4.99 Å². The van der Waals surface area contributed by atoms with Crippen LogP contribution >= 0.6 is 24.0 Å². The van der Waals surface area contributed by atoms with E-state index in [1.54, 1.807) is 0 Å². The standard InChI is InChI=1S/C17H35N3O3.HI/c1-5-17(6-2,11-13-21)14-20-16(18-7-3)19-12-9-10-15(22)23-8-4;/h21H,5-14H2,1-4H3,(H2,18,19,20);1H. The smallest absolute Gasteiger partial charge is 0.305 e. The molecular formula is C17H36IN3O3. The van der Waals surface area contributed by atoms with Crippen molar-refractivity contribution in [1.29, 1.82) is 0 Å². The molecule has 7 heteroatoms. The summed E-state index contributed by atoms with van der Waals surface area (Å²) in [5.41, 5.74) is 0.0576. The first-order chi connectivity index (χ1) is 11.1. The van der Waals surface area contributed by atoms with E-state index >= 15 is 0 Å². The third-order valence-corrected chi connectivity index (χ3v) is 4.21. The summed E-state index contributed by atoms with van der Waals surface area (Å²) in [6, 6.07) is 0. The van der Waals surface area contributed by atoms with E-state index in [2.05, 4.69) is 29.5 Å². The second-order valence-electron chi connectivity index (χ2n) is 5.71. The highest BCUT2D eigenvalue weighted by molar-refractivity contribution is 14.0. The maximum atomic E-state index is 11.3. The Kier molecular flexibility index (Phi) is 17.0. The number of hydrogen-bond acceptors (Lipinski definition) is 4. The van der Waals surface area contributed by atoms with Gasteiger partial charge in [-0.05, 0) is 44.9 Å². The van der Waals surface area contributed by atoms with Gasteiger partial charge in [0.1, 0.15) is 0 Å². The van der Waals surface area contributed by atoms with Crippen molar-refractivity contribution < 1.29 is 14.6 Å². The zero-order chi connectivity index (χ0) is 17.6. The number of carbonyl (C=O) groups is 1. The summed E-state index contributed by atoms with van der Waals surface area (Å²) in [5.74, 6) is 0.607. The number of ether oxygens (including phenoxy) is 1. The highest BCUT2D eigenvalue weighted by Gasteiger charge is 2.25. The Hall–Kier alpha value is -0.570. The van der Waals surface area contributed by atoms with Gasteiger partial charge in [0.05, 0.1) is 6.61 Å². The van der Waals surface area contributed by atoms with E-state index in [4.69, 9.17) is 4.74 Å². The number of halogens is 1. The topological polar surface area (TPSA) is 83.0 Å². The Morgan fingerprint density at radius 3 is 2.33 bits per heavy atom. The summed E-state index contributed by atoms with van der Waals surface area (Å²) < 4.78 is 4.91. The first-order valence-corrected chi connectivity index (χ1v) is 8.86. The van der Waals surface area contributed by atoms with Crippen molar-refractivity contribution >= 4 is 35.9 Å². The highest BCUT2D eigenvalue weighted by atomic mass is 127. The molecule has 0 atom stereocenters. The second kappa shape index (κ2) is 15.9. The Labute approximate surface area is 164 Å². The van der Waals surface area contributed by atoms with Crippen molar-refractivity contribution in [2.24, 2.45) is 10.4 Å². The Morgan fingerprint density at radius 2 is 1.83 bits per heavy atom. The number of guanidine groups is 1. The van der Waals surface area contributed by atoms with Gasteiger partial charge >= 0.3 is 5.97 Å². The fraction of sp³-hybridized carbons (Fsp3) is 0.882. The van der Waals surface area contributed by atoms with E-state index in [9.17, 15) is 9.90 Å². The Balaban J connectivity index is 0. The average molecular weight is 457 g/mol. The predicted molar refractivity (Wildman–Crippen MR) is 110 cm³/mol. The predicted octanol–water partition coefficient (Wildman–Crippen LogP) is 2.69. The molecule has 0 aromatic rings. The second-order valence-corrected chi connectivity index (χ2v) is 5.71. The summed E-state index contributed by atoms with van der Waals surface area (Å²) in [7, 11) is 0. The molecular weight excluding hydrogens is 421 g/mol. The molecule has 0 aliphatic carbocycles. The lowest BCUT2D eigenvalue weighted by Gasteiger charge is -2.29. The first-order valence-electron chi connectivity index (χ1n) is 8.86. The SMILES string of the molecule is CCNC(=NCC(CC)(CC)CCO)NCCCC(=O)OCC.I. The lowest BCUT2D eigenvalue weighted by Crippen LogP contribution is -2.39. The molecule has 0 saturated heterocycles. The zero-order valence-electron chi connectivity index (χ0n) is 15.7. The maximum Gasteiger partial charge on any atom is 0.305 e. The molecule has 0 amide bonds. The number of esters is 1. The lowest BCUT2D eigenvalue weighted by molar-refractivity contribution is -0.143. The minimum atomic E-state index is -0.157. The molecule has 0 saturated carbocycles. The summed E-state index contributed by atoms with van der Waals surface area (Å²) in [5, 5.41) is 15.7. The molecule has 0 spiro atoms. The largest absolute Gasteiger partial charge is 0.466 e. The lowest BCUT2D eigenvalue weighted by atomic mass is 9.79. The van der Waals surface area contributed by atoms with Gasteiger partial charge in [-0.25, -0.2) is 0 Å². The number of aliphatic imine (C=N–C) groups is 1. The Morgan fingerprint density at radius 1 is 1.17 bits per heavy atom. The van der Waals surface area contributed by atoms with Crippen molar-refractivity contribution in [3.05, 3.63) is 0 Å². The summed E-state index contributed by atoms with van der Waals surface area (Å²) >= 11 is 0. The van der Waals surface area contributed by atoms with E-state index in [1.165, 1.54) is 0 Å². The van der Waals surface area contributed by atoms with Crippen LogP contribution < -0.4 is 10.6 Å². The van der Waals surface area contributed by atoms with E-state index in [0.717, 1.165) is 31.8 Å². The van der Waals surface area contributed by atoms with Gasteiger partial charge in [-0.15, -0.1) is 24.0 Å². The van der Waals surface area contributed by atoms with Crippen molar-refractivity contribution in [2.75, 3.05) is 32.8 Å². The normalized spacial score (nSPS) is 11.6. The van der Waals surface area contributed by atoms with E-state index < -0.39 is 0 Å². The van der Waals surface area contributed by atoms with Crippen LogP contribution in [0.4, 0.5) is 0 Å². The molecule has 24 heavy (non-hydrogen) atoms. The molecule has 0 bridgehead atoms. The zero-order valence-corrected chi connectivity index (χ0v) is 18.0. The maximum absolute atomic E-state index is 11.3. The van der Waals surface area contributed by atoms with Crippen LogP contribution in [0.1, 0.15) is 59.8 Å². The molecule has 0 aromatic heterocycles. The van der Waals surface area contributed by atoms with Gasteiger partial charge in [-0.1, -0.05) is 13.8 Å². The molecule has 0 fully saturated rings. The van der Waals surface area contributed by atoms with E-state index in [-0.39, 0.29) is 42.0 Å². The quantitative estimate of drug-likeness (QED) is 0.138. The third kappa shape index (κ3) is 11.1. The molecule has 144 valence electrons. The van der Waals surface area contributed by atoms with Crippen LogP contribution in [0.5, 0.6) is 0 Å². The number of hydrogen-bond donors (Lipinski definition) is 3. The molecule has 0 unspecified atom stereocenters. The Bertz CT molecular complexity index is 348. The van der Waals surface area contributed by atoms with Gasteiger partial charge in [-0.2, -0.15) is 0 Å². The molecule has 0 heterocycles. The van der Waals surface area contributed by atoms with Gasteiger partial charge < -0.3 is 20.5 Å². The number of aliphatic hydroxyl groups is 1. The minimum Gasteiger partial charge on any atom is -0.466 e. The van der Waals surface area contributed by atoms with Gasteiger partial charge in [0.2, 0.25) is 0 Å². The molecule has 0 aliphatic heterocycles. The fourth-order valence-corrected chi connectivity index (χ4v) is 2.40. The van der Waals surface area contributed by atoms with Crippen LogP contribution in [0, 0.1) is 5.41 Å². The molecule has 0 aromatic carbocycles. The summed E-state index contributed by atoms with van der Waals surface area (Å²) in [6.45, 7) is 10.9. The van der Waals surface area contributed by atoms with Crippen LogP contribution in [-0.4, -0.2) is 49.9 Å². The fourth-order valence-electron chi connectivity index (χ4n) is 2.40. The third-order valence-electron chi connectivity index (χ3n) is 4.21. The first kappa shape index (κ1) is 25.7. The van der Waals surface area contributed by atoms with Crippen LogP contribution in [0.25, 0.3) is 0 Å². The van der Waals surface area contributed by atoms with Crippen molar-refractivity contribution in [3.63, 3.8) is 0 Å². The van der Waals surface area contributed by atoms with Crippen LogP contribution in [0.3, 0.4) is 0 Å². The summed E-state index contributed by atoms with van der Waals surface area (Å²) in [6.07, 6.45) is 3.89. The highest BCUT2D eigenvalue weighted by Crippen LogP contribution is 2.30. The minimum absolute atomic E-state index is 0. The van der Waals surface area contributed by atoms with Gasteiger partial charge in [-0.3, -0.25) is 9.79 Å². The van der Waals surface area contributed by atoms with Crippen LogP contribution in [0.2, 0.25) is 0 Å². The van der Waals surface area contributed by atoms with E-state index in [0.29, 0.717) is 32.5 Å². The molecule has 0 aliphatic rings. The summed E-state index contributed by atoms with van der Waals surface area (Å²) in [4.78, 5) is 16.0. The van der Waals surface area contributed by atoms with Gasteiger partial charge in [0, 0.05) is 32.7 Å². The number of nitrogens with one attached hydrogen (secondary N) is 2. The van der Waals surface area contributed by atoms with Gasteiger partial charge in [0.25, 0.3) is 0 Å². The molecule has 3 N–H and O–H groups in total. The molecule has 0 radical (unpaired) electrons. The van der Waals surface area contributed by atoms with Gasteiger partial charge in [0.15, 0.2) is 5.96 Å². The average Bonchev–Trinajstić information content (AvgIpc) is 2.55. The molecule has 6 nitrogen and oxygen atoms in total. The van der Waals surface area contributed by atoms with Crippen molar-refractivity contribution in [3.8, 4) is 0 Å². The van der Waals surface area contributed by atoms with Crippen molar-refractivity contribution in [1.82, 2.24) is 10.6 Å².